The predicted molar refractivity (Wildman–Crippen MR) is 88.6 cm³/mol. The van der Waals surface area contributed by atoms with Gasteiger partial charge in [-0.1, -0.05) is 19.1 Å². The van der Waals surface area contributed by atoms with Crippen LogP contribution < -0.4 is 16.4 Å². The molecule has 0 saturated carbocycles. The van der Waals surface area contributed by atoms with Crippen molar-refractivity contribution in [2.24, 2.45) is 5.73 Å². The van der Waals surface area contributed by atoms with E-state index in [-0.39, 0.29) is 12.1 Å². The van der Waals surface area contributed by atoms with Gasteiger partial charge in [-0.2, -0.15) is 0 Å². The molecule has 0 aliphatic rings. The Hall–Kier alpha value is -1.85. The first-order chi connectivity index (χ1) is 10.1. The molecular weight excluding hydrogens is 282 g/mol. The fraction of sp³-hybridized carbons (Fsp3) is 0.312. The summed E-state index contributed by atoms with van der Waals surface area (Å²) in [4.78, 5) is 14.3. The number of rotatable bonds is 5. The van der Waals surface area contributed by atoms with E-state index in [1.807, 2.05) is 31.2 Å². The molecule has 1 unspecified atom stereocenters. The Balaban J connectivity index is 1.83. The van der Waals surface area contributed by atoms with Crippen LogP contribution in [0.25, 0.3) is 0 Å². The predicted octanol–water partition coefficient (Wildman–Crippen LogP) is 3.65. The molecule has 0 aliphatic carbocycles. The standard InChI is InChI=1S/C16H21N3OS/c1-3-14-8-9-15(21-14)10-18-16(20)19-13-6-4-12(5-7-13)11(2)17/h4-9,11H,3,10,17H2,1-2H3,(H2,18,19,20). The number of benzene rings is 1. The van der Waals surface area contributed by atoms with Gasteiger partial charge in [0, 0.05) is 21.5 Å². The molecule has 2 rings (SSSR count). The minimum atomic E-state index is -0.199. The number of hydrogen-bond donors (Lipinski definition) is 3. The summed E-state index contributed by atoms with van der Waals surface area (Å²) in [7, 11) is 0. The minimum absolute atomic E-state index is 0.000494. The lowest BCUT2D eigenvalue weighted by Crippen LogP contribution is -2.27. The zero-order valence-corrected chi connectivity index (χ0v) is 13.2. The molecule has 0 fully saturated rings. The molecule has 0 saturated heterocycles. The summed E-state index contributed by atoms with van der Waals surface area (Å²) >= 11 is 1.73. The second kappa shape index (κ2) is 7.24. The normalized spacial score (nSPS) is 12.0. The molecule has 1 aromatic heterocycles. The lowest BCUT2D eigenvalue weighted by atomic mass is 10.1. The van der Waals surface area contributed by atoms with Gasteiger partial charge in [0.05, 0.1) is 6.54 Å². The largest absolute Gasteiger partial charge is 0.333 e. The SMILES string of the molecule is CCc1ccc(CNC(=O)Nc2ccc(C(C)N)cc2)s1. The zero-order chi connectivity index (χ0) is 15.2. The maximum Gasteiger partial charge on any atom is 0.319 e. The Kier molecular flexibility index (Phi) is 5.36. The van der Waals surface area contributed by atoms with Crippen molar-refractivity contribution in [3.8, 4) is 0 Å². The monoisotopic (exact) mass is 303 g/mol. The molecule has 2 aromatic rings. The number of aryl methyl sites for hydroxylation is 1. The molecular formula is C16H21N3OS. The molecule has 5 heteroatoms. The van der Waals surface area contributed by atoms with Gasteiger partial charge in [0.1, 0.15) is 0 Å². The molecule has 1 heterocycles. The second-order valence-electron chi connectivity index (χ2n) is 4.94. The Morgan fingerprint density at radius 2 is 1.86 bits per heavy atom. The maximum absolute atomic E-state index is 11.8. The van der Waals surface area contributed by atoms with Crippen LogP contribution in [0.2, 0.25) is 0 Å². The molecule has 0 bridgehead atoms. The number of amides is 2. The average Bonchev–Trinajstić information content (AvgIpc) is 2.94. The van der Waals surface area contributed by atoms with Crippen molar-refractivity contribution in [1.82, 2.24) is 5.32 Å². The molecule has 4 N–H and O–H groups in total. The molecule has 2 amide bonds. The van der Waals surface area contributed by atoms with Gasteiger partial charge < -0.3 is 16.4 Å². The van der Waals surface area contributed by atoms with Crippen molar-refractivity contribution in [3.05, 3.63) is 51.7 Å². The summed E-state index contributed by atoms with van der Waals surface area (Å²) in [6.45, 7) is 4.61. The Labute approximate surface area is 129 Å². The summed E-state index contributed by atoms with van der Waals surface area (Å²) in [5.74, 6) is 0. The van der Waals surface area contributed by atoms with Crippen LogP contribution in [0.15, 0.2) is 36.4 Å². The molecule has 1 atom stereocenters. The number of nitrogens with one attached hydrogen (secondary N) is 2. The van der Waals surface area contributed by atoms with Crippen molar-refractivity contribution in [3.63, 3.8) is 0 Å². The Bertz CT molecular complexity index is 590. The number of anilines is 1. The van der Waals surface area contributed by atoms with E-state index >= 15 is 0 Å². The smallest absolute Gasteiger partial charge is 0.319 e. The summed E-state index contributed by atoms with van der Waals surface area (Å²) in [6, 6.07) is 11.5. The Morgan fingerprint density at radius 3 is 2.43 bits per heavy atom. The molecule has 1 aromatic carbocycles. The summed E-state index contributed by atoms with van der Waals surface area (Å²) in [6.07, 6.45) is 1.03. The highest BCUT2D eigenvalue weighted by molar-refractivity contribution is 7.11. The topological polar surface area (TPSA) is 67.2 Å². The van der Waals surface area contributed by atoms with E-state index in [9.17, 15) is 4.79 Å². The van der Waals surface area contributed by atoms with Crippen LogP contribution in [0, 0.1) is 0 Å². The number of carbonyl (C=O) groups excluding carboxylic acids is 1. The van der Waals surface area contributed by atoms with Crippen LogP contribution >= 0.6 is 11.3 Å². The van der Waals surface area contributed by atoms with Crippen LogP contribution in [0.5, 0.6) is 0 Å². The van der Waals surface area contributed by atoms with Gasteiger partial charge in [0.15, 0.2) is 0 Å². The molecule has 112 valence electrons. The van der Waals surface area contributed by atoms with E-state index in [1.54, 1.807) is 11.3 Å². The van der Waals surface area contributed by atoms with Crippen LogP contribution in [0.1, 0.15) is 35.2 Å². The quantitative estimate of drug-likeness (QED) is 0.789. The highest BCUT2D eigenvalue weighted by atomic mass is 32.1. The third-order valence-corrected chi connectivity index (χ3v) is 4.41. The fourth-order valence-electron chi connectivity index (χ4n) is 1.92. The molecule has 21 heavy (non-hydrogen) atoms. The van der Waals surface area contributed by atoms with E-state index in [4.69, 9.17) is 5.73 Å². The summed E-state index contributed by atoms with van der Waals surface area (Å²) in [5, 5.41) is 5.67. The first-order valence-corrected chi connectivity index (χ1v) is 7.88. The zero-order valence-electron chi connectivity index (χ0n) is 12.3. The van der Waals surface area contributed by atoms with Gasteiger partial charge >= 0.3 is 6.03 Å². The lowest BCUT2D eigenvalue weighted by Gasteiger charge is -2.09. The van der Waals surface area contributed by atoms with Crippen LogP contribution in [-0.2, 0) is 13.0 Å². The van der Waals surface area contributed by atoms with Crippen molar-refractivity contribution in [1.29, 1.82) is 0 Å². The van der Waals surface area contributed by atoms with Gasteiger partial charge in [-0.15, -0.1) is 11.3 Å². The van der Waals surface area contributed by atoms with E-state index in [2.05, 4.69) is 29.7 Å². The van der Waals surface area contributed by atoms with Gasteiger partial charge in [0.25, 0.3) is 0 Å². The van der Waals surface area contributed by atoms with Gasteiger partial charge in [-0.05, 0) is 43.2 Å². The highest BCUT2D eigenvalue weighted by Crippen LogP contribution is 2.17. The van der Waals surface area contributed by atoms with Crippen molar-refractivity contribution in [2.45, 2.75) is 32.9 Å². The van der Waals surface area contributed by atoms with E-state index in [0.717, 1.165) is 22.5 Å². The number of carbonyl (C=O) groups is 1. The first-order valence-electron chi connectivity index (χ1n) is 7.06. The number of hydrogen-bond acceptors (Lipinski definition) is 3. The maximum atomic E-state index is 11.8. The van der Waals surface area contributed by atoms with Gasteiger partial charge in [0.2, 0.25) is 0 Å². The summed E-state index contributed by atoms with van der Waals surface area (Å²) < 4.78 is 0. The second-order valence-corrected chi connectivity index (χ2v) is 6.19. The molecule has 0 aliphatic heterocycles. The molecule has 0 spiro atoms. The fourth-order valence-corrected chi connectivity index (χ4v) is 2.82. The van der Waals surface area contributed by atoms with E-state index in [0.29, 0.717) is 6.54 Å². The lowest BCUT2D eigenvalue weighted by molar-refractivity contribution is 0.252. The van der Waals surface area contributed by atoms with Crippen LogP contribution in [0.4, 0.5) is 10.5 Å². The van der Waals surface area contributed by atoms with Crippen molar-refractivity contribution < 1.29 is 4.79 Å². The van der Waals surface area contributed by atoms with Crippen molar-refractivity contribution >= 4 is 23.1 Å². The Morgan fingerprint density at radius 1 is 1.19 bits per heavy atom. The third kappa shape index (κ3) is 4.58. The number of thiophene rings is 1. The van der Waals surface area contributed by atoms with Crippen LogP contribution in [0.3, 0.4) is 0 Å². The average molecular weight is 303 g/mol. The highest BCUT2D eigenvalue weighted by Gasteiger charge is 2.04. The van der Waals surface area contributed by atoms with Crippen LogP contribution in [-0.4, -0.2) is 6.03 Å². The van der Waals surface area contributed by atoms with E-state index in [1.165, 1.54) is 4.88 Å². The number of nitrogens with two attached hydrogens (primary N) is 1. The summed E-state index contributed by atoms with van der Waals surface area (Å²) in [5.41, 5.74) is 7.60. The third-order valence-electron chi connectivity index (χ3n) is 3.18. The van der Waals surface area contributed by atoms with Gasteiger partial charge in [-0.25, -0.2) is 4.79 Å². The minimum Gasteiger partial charge on any atom is -0.333 e. The van der Waals surface area contributed by atoms with Crippen molar-refractivity contribution in [2.75, 3.05) is 5.32 Å². The van der Waals surface area contributed by atoms with E-state index < -0.39 is 0 Å². The molecule has 4 nitrogen and oxygen atoms in total. The molecule has 0 radical (unpaired) electrons. The van der Waals surface area contributed by atoms with Gasteiger partial charge in [-0.3, -0.25) is 0 Å². The number of urea groups is 1. The first kappa shape index (κ1) is 15.5.